The monoisotopic (exact) mass is 423 g/mol. The number of aromatic nitrogens is 4. The van der Waals surface area contributed by atoms with Crippen LogP contribution in [0, 0.1) is 0 Å². The number of carbonyl (C=O) groups excluding carboxylic acids is 1. The van der Waals surface area contributed by atoms with Crippen LogP contribution in [-0.4, -0.2) is 37.8 Å². The molecule has 0 fully saturated rings. The molecule has 0 saturated heterocycles. The summed E-state index contributed by atoms with van der Waals surface area (Å²) in [5, 5.41) is 21.3. The number of hydrogen-bond acceptors (Lipinski definition) is 4. The maximum atomic E-state index is 12.7. The van der Waals surface area contributed by atoms with Gasteiger partial charge in [-0.2, -0.15) is 5.10 Å². The van der Waals surface area contributed by atoms with Gasteiger partial charge in [-0.1, -0.05) is 37.6 Å². The number of amides is 1. The molecule has 0 spiro atoms. The summed E-state index contributed by atoms with van der Waals surface area (Å²) in [4.78, 5) is 20.2. The largest absolute Gasteiger partial charge is 0.394 e. The van der Waals surface area contributed by atoms with E-state index in [1.54, 1.807) is 30.5 Å². The number of fused-ring (bicyclic) bond motifs is 1. The first-order chi connectivity index (χ1) is 14.5. The Kier molecular flexibility index (Phi) is 5.57. The summed E-state index contributed by atoms with van der Waals surface area (Å²) in [5.74, 6) is 0.0141. The summed E-state index contributed by atoms with van der Waals surface area (Å²) >= 11 is 6.02. The second-order valence-corrected chi connectivity index (χ2v) is 7.89. The zero-order valence-corrected chi connectivity index (χ0v) is 17.4. The third-order valence-corrected chi connectivity index (χ3v) is 5.28. The van der Waals surface area contributed by atoms with Crippen molar-refractivity contribution in [3.63, 3.8) is 0 Å². The first kappa shape index (κ1) is 20.1. The van der Waals surface area contributed by atoms with Crippen molar-refractivity contribution in [2.75, 3.05) is 6.61 Å². The first-order valence-electron chi connectivity index (χ1n) is 9.66. The zero-order chi connectivity index (χ0) is 21.3. The molecule has 30 heavy (non-hydrogen) atoms. The highest BCUT2D eigenvalue weighted by molar-refractivity contribution is 6.30. The van der Waals surface area contributed by atoms with E-state index in [-0.39, 0.29) is 12.5 Å². The van der Waals surface area contributed by atoms with Gasteiger partial charge in [-0.25, -0.2) is 4.98 Å². The molecule has 0 aliphatic heterocycles. The molecule has 0 radical (unpaired) electrons. The lowest BCUT2D eigenvalue weighted by Gasteiger charge is -2.16. The summed E-state index contributed by atoms with van der Waals surface area (Å²) in [6.07, 6.45) is 3.58. The van der Waals surface area contributed by atoms with E-state index in [9.17, 15) is 9.90 Å². The number of hydrogen-bond donors (Lipinski definition) is 4. The molecule has 8 heteroatoms. The van der Waals surface area contributed by atoms with Crippen molar-refractivity contribution in [1.29, 1.82) is 0 Å². The van der Waals surface area contributed by atoms with Crippen LogP contribution in [0.25, 0.3) is 22.3 Å². The number of nitrogens with zero attached hydrogens (tertiary/aromatic N) is 2. The van der Waals surface area contributed by atoms with Crippen molar-refractivity contribution in [3.05, 3.63) is 70.6 Å². The van der Waals surface area contributed by atoms with Gasteiger partial charge in [-0.05, 0) is 41.3 Å². The molecule has 4 rings (SSSR count). The van der Waals surface area contributed by atoms with Crippen LogP contribution in [0.1, 0.15) is 47.4 Å². The van der Waals surface area contributed by atoms with Crippen molar-refractivity contribution in [2.24, 2.45) is 0 Å². The van der Waals surface area contributed by atoms with Crippen LogP contribution in [0.4, 0.5) is 0 Å². The Morgan fingerprint density at radius 3 is 2.80 bits per heavy atom. The molecular weight excluding hydrogens is 402 g/mol. The lowest BCUT2D eigenvalue weighted by atomic mass is 10.0. The number of rotatable bonds is 6. The van der Waals surface area contributed by atoms with Crippen LogP contribution in [0.3, 0.4) is 0 Å². The Bertz CT molecular complexity index is 1200. The number of pyridine rings is 1. The number of carbonyl (C=O) groups is 1. The number of aliphatic hydroxyl groups is 1. The Morgan fingerprint density at radius 2 is 2.07 bits per heavy atom. The number of benzene rings is 1. The number of halogens is 1. The van der Waals surface area contributed by atoms with Crippen molar-refractivity contribution in [1.82, 2.24) is 25.5 Å². The van der Waals surface area contributed by atoms with Gasteiger partial charge >= 0.3 is 0 Å². The fourth-order valence-corrected chi connectivity index (χ4v) is 3.51. The van der Waals surface area contributed by atoms with Gasteiger partial charge in [0, 0.05) is 28.4 Å². The van der Waals surface area contributed by atoms with Gasteiger partial charge in [-0.15, -0.1) is 0 Å². The molecular formula is C22H22ClN5O2. The van der Waals surface area contributed by atoms with E-state index in [0.717, 1.165) is 27.8 Å². The predicted molar refractivity (Wildman–Crippen MR) is 117 cm³/mol. The molecule has 7 nitrogen and oxygen atoms in total. The summed E-state index contributed by atoms with van der Waals surface area (Å²) in [7, 11) is 0. The maximum Gasteiger partial charge on any atom is 0.268 e. The van der Waals surface area contributed by atoms with Crippen LogP contribution >= 0.6 is 11.6 Å². The fourth-order valence-electron chi connectivity index (χ4n) is 3.31. The summed E-state index contributed by atoms with van der Waals surface area (Å²) in [5.41, 5.74) is 4.42. The van der Waals surface area contributed by atoms with Crippen LogP contribution in [-0.2, 0) is 0 Å². The van der Waals surface area contributed by atoms with Crippen molar-refractivity contribution >= 4 is 28.5 Å². The van der Waals surface area contributed by atoms with Gasteiger partial charge in [0.15, 0.2) is 5.65 Å². The van der Waals surface area contributed by atoms with Crippen molar-refractivity contribution in [3.8, 4) is 11.3 Å². The zero-order valence-electron chi connectivity index (χ0n) is 16.6. The van der Waals surface area contributed by atoms with Crippen LogP contribution in [0.15, 0.2) is 48.8 Å². The fraction of sp³-hybridized carbons (Fsp3) is 0.227. The average Bonchev–Trinajstić information content (AvgIpc) is 3.38. The molecule has 0 bridgehead atoms. The molecule has 0 unspecified atom stereocenters. The van der Waals surface area contributed by atoms with Crippen LogP contribution < -0.4 is 5.32 Å². The molecule has 154 valence electrons. The lowest BCUT2D eigenvalue weighted by molar-refractivity contribution is 0.0912. The SMILES string of the molecule is CC(C)c1cnc2[nH]nc(-c3c[nH]c(C(=O)N[C@H](CO)c4cccc(Cl)c4)c3)c2c1. The second kappa shape index (κ2) is 8.30. The van der Waals surface area contributed by atoms with Gasteiger partial charge in [0.2, 0.25) is 0 Å². The number of H-pyrrole nitrogens is 2. The molecule has 0 saturated carbocycles. The van der Waals surface area contributed by atoms with Crippen LogP contribution in [0.2, 0.25) is 5.02 Å². The molecule has 4 aromatic rings. The van der Waals surface area contributed by atoms with Gasteiger partial charge in [0.25, 0.3) is 5.91 Å². The van der Waals surface area contributed by atoms with Gasteiger partial charge in [0.1, 0.15) is 11.4 Å². The number of aromatic amines is 2. The maximum absolute atomic E-state index is 12.7. The average molecular weight is 424 g/mol. The first-order valence-corrected chi connectivity index (χ1v) is 10.0. The lowest BCUT2D eigenvalue weighted by Crippen LogP contribution is -2.31. The smallest absolute Gasteiger partial charge is 0.268 e. The van der Waals surface area contributed by atoms with E-state index in [1.165, 1.54) is 0 Å². The molecule has 1 atom stereocenters. The second-order valence-electron chi connectivity index (χ2n) is 7.46. The Balaban J connectivity index is 1.59. The van der Waals surface area contributed by atoms with E-state index >= 15 is 0 Å². The van der Waals surface area contributed by atoms with E-state index < -0.39 is 6.04 Å². The third kappa shape index (κ3) is 3.94. The minimum atomic E-state index is -0.563. The predicted octanol–water partition coefficient (Wildman–Crippen LogP) is 4.19. The standard InChI is InChI=1S/C22H22ClN5O2/c1-12(2)14-7-17-20(27-28-21(17)25-9-14)15-8-18(24-10-15)22(30)26-19(11-29)13-4-3-5-16(23)6-13/h3-10,12,19,24,29H,11H2,1-2H3,(H,26,30)(H,25,27,28)/t19-/m1/s1. The molecule has 0 aliphatic carbocycles. The van der Waals surface area contributed by atoms with Gasteiger partial charge in [0.05, 0.1) is 12.6 Å². The Morgan fingerprint density at radius 1 is 1.23 bits per heavy atom. The van der Waals surface area contributed by atoms with E-state index in [4.69, 9.17) is 11.6 Å². The summed E-state index contributed by atoms with van der Waals surface area (Å²) in [6, 6.07) is 10.3. The van der Waals surface area contributed by atoms with Crippen molar-refractivity contribution in [2.45, 2.75) is 25.8 Å². The topological polar surface area (TPSA) is 107 Å². The summed E-state index contributed by atoms with van der Waals surface area (Å²) in [6.45, 7) is 3.98. The normalized spacial score (nSPS) is 12.4. The Labute approximate surface area is 178 Å². The molecule has 4 N–H and O–H groups in total. The molecule has 3 aromatic heterocycles. The van der Waals surface area contributed by atoms with Crippen molar-refractivity contribution < 1.29 is 9.90 Å². The van der Waals surface area contributed by atoms with E-state index in [2.05, 4.69) is 45.4 Å². The number of aliphatic hydroxyl groups excluding tert-OH is 1. The quantitative estimate of drug-likeness (QED) is 0.373. The number of nitrogens with one attached hydrogen (secondary N) is 3. The highest BCUT2D eigenvalue weighted by Gasteiger charge is 2.18. The Hall–Kier alpha value is -3.16. The molecule has 0 aliphatic rings. The highest BCUT2D eigenvalue weighted by atomic mass is 35.5. The van der Waals surface area contributed by atoms with Crippen LogP contribution in [0.5, 0.6) is 0 Å². The highest BCUT2D eigenvalue weighted by Crippen LogP contribution is 2.28. The van der Waals surface area contributed by atoms with Gasteiger partial charge < -0.3 is 15.4 Å². The molecule has 3 heterocycles. The van der Waals surface area contributed by atoms with Gasteiger partial charge in [-0.3, -0.25) is 9.89 Å². The van der Waals surface area contributed by atoms with E-state index in [0.29, 0.717) is 22.3 Å². The van der Waals surface area contributed by atoms with E-state index in [1.807, 2.05) is 12.3 Å². The molecule has 1 aromatic carbocycles. The molecule has 1 amide bonds. The third-order valence-electron chi connectivity index (χ3n) is 5.04. The summed E-state index contributed by atoms with van der Waals surface area (Å²) < 4.78 is 0. The minimum Gasteiger partial charge on any atom is -0.394 e. The minimum absolute atomic E-state index is 0.243.